The van der Waals surface area contributed by atoms with Crippen LogP contribution in [-0.2, 0) is 0 Å². The number of benzene rings is 1. The standard InChI is InChI=1S/C13H7FN6O/c14-8-4-2-1-3-7(8)10-17-12-9-11(16-6-5-15-9)18-13(21)20(12)19-10/h1-6H,(H,16,18,21). The molecule has 0 amide bonds. The molecule has 0 atom stereocenters. The number of hydrogen-bond acceptors (Lipinski definition) is 5. The lowest BCUT2D eigenvalue weighted by atomic mass is 10.2. The van der Waals surface area contributed by atoms with Gasteiger partial charge in [0.1, 0.15) is 5.82 Å². The van der Waals surface area contributed by atoms with Crippen molar-refractivity contribution in [3.05, 3.63) is 53.0 Å². The largest absolute Gasteiger partial charge is 0.349 e. The van der Waals surface area contributed by atoms with Crippen molar-refractivity contribution < 1.29 is 4.39 Å². The van der Waals surface area contributed by atoms with Crippen molar-refractivity contribution in [3.8, 4) is 11.4 Å². The number of aromatic nitrogens is 6. The van der Waals surface area contributed by atoms with E-state index >= 15 is 0 Å². The minimum atomic E-state index is -0.506. The van der Waals surface area contributed by atoms with E-state index in [1.165, 1.54) is 18.5 Å². The Bertz CT molecular complexity index is 1040. The van der Waals surface area contributed by atoms with E-state index in [1.807, 2.05) is 0 Å². The highest BCUT2D eigenvalue weighted by molar-refractivity contribution is 5.84. The summed E-state index contributed by atoms with van der Waals surface area (Å²) >= 11 is 0. The first-order valence-electron chi connectivity index (χ1n) is 6.09. The molecule has 3 aromatic heterocycles. The Morgan fingerprint density at radius 3 is 2.81 bits per heavy atom. The van der Waals surface area contributed by atoms with Crippen LogP contribution in [0.4, 0.5) is 4.39 Å². The van der Waals surface area contributed by atoms with Crippen LogP contribution in [0.25, 0.3) is 28.2 Å². The Hall–Kier alpha value is -3.16. The van der Waals surface area contributed by atoms with E-state index in [0.717, 1.165) is 4.52 Å². The highest BCUT2D eigenvalue weighted by atomic mass is 19.1. The van der Waals surface area contributed by atoms with Crippen LogP contribution in [0.2, 0.25) is 0 Å². The Morgan fingerprint density at radius 2 is 1.95 bits per heavy atom. The van der Waals surface area contributed by atoms with Gasteiger partial charge >= 0.3 is 5.69 Å². The molecule has 0 saturated heterocycles. The number of nitrogens with one attached hydrogen (secondary N) is 1. The Balaban J connectivity index is 2.11. The zero-order valence-electron chi connectivity index (χ0n) is 10.5. The molecule has 0 fully saturated rings. The maximum atomic E-state index is 13.8. The van der Waals surface area contributed by atoms with Gasteiger partial charge < -0.3 is 0 Å². The summed E-state index contributed by atoms with van der Waals surface area (Å²) in [6, 6.07) is 6.10. The van der Waals surface area contributed by atoms with E-state index in [-0.39, 0.29) is 17.0 Å². The molecule has 0 spiro atoms. The smallest absolute Gasteiger partial charge is 0.288 e. The molecule has 3 heterocycles. The second-order valence-electron chi connectivity index (χ2n) is 4.33. The molecule has 0 unspecified atom stereocenters. The number of nitrogens with zero attached hydrogens (tertiary/aromatic N) is 5. The zero-order chi connectivity index (χ0) is 14.4. The van der Waals surface area contributed by atoms with Crippen molar-refractivity contribution in [1.29, 1.82) is 0 Å². The van der Waals surface area contributed by atoms with Crippen molar-refractivity contribution >= 4 is 16.8 Å². The Morgan fingerprint density at radius 1 is 1.14 bits per heavy atom. The summed E-state index contributed by atoms with van der Waals surface area (Å²) in [7, 11) is 0. The Kier molecular flexibility index (Phi) is 2.31. The summed E-state index contributed by atoms with van der Waals surface area (Å²) in [5.74, 6) is -0.336. The second kappa shape index (κ2) is 4.17. The predicted molar refractivity (Wildman–Crippen MR) is 72.1 cm³/mol. The van der Waals surface area contributed by atoms with Gasteiger partial charge in [-0.05, 0) is 12.1 Å². The fraction of sp³-hybridized carbons (Fsp3) is 0. The van der Waals surface area contributed by atoms with E-state index in [0.29, 0.717) is 11.2 Å². The van der Waals surface area contributed by atoms with Crippen LogP contribution >= 0.6 is 0 Å². The van der Waals surface area contributed by atoms with E-state index in [9.17, 15) is 9.18 Å². The molecule has 4 aromatic rings. The summed E-state index contributed by atoms with van der Waals surface area (Å²) in [6.07, 6.45) is 2.95. The van der Waals surface area contributed by atoms with Crippen LogP contribution in [0, 0.1) is 5.82 Å². The maximum Gasteiger partial charge on any atom is 0.349 e. The zero-order valence-corrected chi connectivity index (χ0v) is 10.5. The first kappa shape index (κ1) is 11.6. The SMILES string of the molecule is O=c1[nH]c2nccnc2c2nc(-c3ccccc3F)nn12. The third-order valence-corrected chi connectivity index (χ3v) is 3.05. The first-order chi connectivity index (χ1) is 10.2. The van der Waals surface area contributed by atoms with Crippen molar-refractivity contribution in [2.75, 3.05) is 0 Å². The van der Waals surface area contributed by atoms with Gasteiger partial charge in [0.2, 0.25) is 0 Å². The molecule has 0 aliphatic carbocycles. The van der Waals surface area contributed by atoms with Crippen molar-refractivity contribution in [1.82, 2.24) is 29.5 Å². The average Bonchev–Trinajstić information content (AvgIpc) is 2.94. The minimum Gasteiger partial charge on any atom is -0.288 e. The van der Waals surface area contributed by atoms with Gasteiger partial charge in [-0.1, -0.05) is 12.1 Å². The number of hydrogen-bond donors (Lipinski definition) is 1. The maximum absolute atomic E-state index is 13.8. The van der Waals surface area contributed by atoms with Crippen LogP contribution in [0.3, 0.4) is 0 Å². The topological polar surface area (TPSA) is 88.8 Å². The lowest BCUT2D eigenvalue weighted by molar-refractivity contribution is 0.630. The lowest BCUT2D eigenvalue weighted by Crippen LogP contribution is -2.18. The molecule has 0 saturated carbocycles. The van der Waals surface area contributed by atoms with Crippen LogP contribution < -0.4 is 5.69 Å². The molecule has 1 aromatic carbocycles. The average molecular weight is 282 g/mol. The van der Waals surface area contributed by atoms with Crippen LogP contribution in [0.1, 0.15) is 0 Å². The number of rotatable bonds is 1. The molecular formula is C13H7FN6O. The number of H-pyrrole nitrogens is 1. The van der Waals surface area contributed by atoms with Gasteiger partial charge in [0.25, 0.3) is 0 Å². The van der Waals surface area contributed by atoms with Crippen molar-refractivity contribution in [2.24, 2.45) is 0 Å². The minimum absolute atomic E-state index is 0.122. The molecule has 0 aliphatic rings. The summed E-state index contributed by atoms with van der Waals surface area (Å²) in [6.45, 7) is 0. The van der Waals surface area contributed by atoms with Crippen LogP contribution in [0.5, 0.6) is 0 Å². The molecule has 4 rings (SSSR count). The fourth-order valence-electron chi connectivity index (χ4n) is 2.11. The predicted octanol–water partition coefficient (Wildman–Crippen LogP) is 1.17. The highest BCUT2D eigenvalue weighted by Gasteiger charge is 2.15. The molecule has 7 nitrogen and oxygen atoms in total. The number of aromatic amines is 1. The van der Waals surface area contributed by atoms with Crippen LogP contribution in [-0.4, -0.2) is 29.5 Å². The highest BCUT2D eigenvalue weighted by Crippen LogP contribution is 2.20. The summed E-state index contributed by atoms with van der Waals surface area (Å²) < 4.78 is 14.9. The quantitative estimate of drug-likeness (QED) is 0.566. The van der Waals surface area contributed by atoms with Crippen molar-refractivity contribution in [2.45, 2.75) is 0 Å². The molecule has 21 heavy (non-hydrogen) atoms. The molecule has 0 radical (unpaired) electrons. The summed E-state index contributed by atoms with van der Waals surface area (Å²) in [5, 5.41) is 4.05. The molecule has 0 bridgehead atoms. The number of fused-ring (bicyclic) bond motifs is 3. The van der Waals surface area contributed by atoms with Crippen LogP contribution in [0.15, 0.2) is 41.5 Å². The molecule has 0 aliphatic heterocycles. The molecular weight excluding hydrogens is 275 g/mol. The van der Waals surface area contributed by atoms with Gasteiger partial charge in [-0.2, -0.15) is 4.52 Å². The van der Waals surface area contributed by atoms with Gasteiger partial charge in [0, 0.05) is 12.4 Å². The van der Waals surface area contributed by atoms with E-state index in [4.69, 9.17) is 0 Å². The summed E-state index contributed by atoms with van der Waals surface area (Å²) in [4.78, 5) is 26.9. The second-order valence-corrected chi connectivity index (χ2v) is 4.33. The molecule has 8 heteroatoms. The van der Waals surface area contributed by atoms with Crippen molar-refractivity contribution in [3.63, 3.8) is 0 Å². The van der Waals surface area contributed by atoms with Gasteiger partial charge in [-0.15, -0.1) is 5.10 Å². The monoisotopic (exact) mass is 282 g/mol. The van der Waals surface area contributed by atoms with E-state index in [2.05, 4.69) is 25.0 Å². The normalized spacial score (nSPS) is 11.3. The van der Waals surface area contributed by atoms with Gasteiger partial charge in [-0.25, -0.2) is 24.1 Å². The molecule has 1 N–H and O–H groups in total. The Labute approximate surface area is 116 Å². The van der Waals surface area contributed by atoms with E-state index in [1.54, 1.807) is 18.2 Å². The van der Waals surface area contributed by atoms with Gasteiger partial charge in [0.15, 0.2) is 22.6 Å². The third-order valence-electron chi connectivity index (χ3n) is 3.05. The summed E-state index contributed by atoms with van der Waals surface area (Å²) in [5.41, 5.74) is 0.653. The third kappa shape index (κ3) is 1.69. The molecule has 102 valence electrons. The van der Waals surface area contributed by atoms with E-state index < -0.39 is 11.5 Å². The number of halogens is 1. The first-order valence-corrected chi connectivity index (χ1v) is 6.09. The van der Waals surface area contributed by atoms with Gasteiger partial charge in [0.05, 0.1) is 5.56 Å². The fourth-order valence-corrected chi connectivity index (χ4v) is 2.11. The van der Waals surface area contributed by atoms with Gasteiger partial charge in [-0.3, -0.25) is 4.98 Å². The lowest BCUT2D eigenvalue weighted by Gasteiger charge is -1.95.